The number of nitrogens with one attached hydrogen (secondary N) is 1. The molecule has 2 aromatic heterocycles. The van der Waals surface area contributed by atoms with Gasteiger partial charge < -0.3 is 4.52 Å². The maximum atomic E-state index is 5.91. The van der Waals surface area contributed by atoms with Gasteiger partial charge in [0, 0.05) is 16.1 Å². The van der Waals surface area contributed by atoms with Gasteiger partial charge in [-0.1, -0.05) is 54.9 Å². The van der Waals surface area contributed by atoms with E-state index >= 15 is 0 Å². The molecule has 0 radical (unpaired) electrons. The number of benzene rings is 2. The molecule has 0 aliphatic heterocycles. The van der Waals surface area contributed by atoms with Crippen LogP contribution >= 0.6 is 11.6 Å². The van der Waals surface area contributed by atoms with Crippen LogP contribution in [0.25, 0.3) is 34.2 Å². The van der Waals surface area contributed by atoms with Crippen molar-refractivity contribution in [1.82, 2.24) is 20.3 Å². The Balaban J connectivity index is 1.59. The standard InChI is InChI=1S/C20H17ClN4O/c1-12(2)13-3-5-14(6-4-13)17-11-18(24-23-17)20-22-19(25-26-20)15-7-9-16(21)10-8-15/h3-12H,1-2H3,(H,23,24). The summed E-state index contributed by atoms with van der Waals surface area (Å²) in [6, 6.07) is 17.6. The predicted molar refractivity (Wildman–Crippen MR) is 102 cm³/mol. The Bertz CT molecular complexity index is 1020. The summed E-state index contributed by atoms with van der Waals surface area (Å²) in [5.41, 5.74) is 4.69. The molecule has 4 rings (SSSR count). The third-order valence-corrected chi connectivity index (χ3v) is 4.46. The summed E-state index contributed by atoms with van der Waals surface area (Å²) in [5.74, 6) is 1.41. The van der Waals surface area contributed by atoms with Crippen LogP contribution in [0.4, 0.5) is 0 Å². The van der Waals surface area contributed by atoms with Crippen molar-refractivity contribution >= 4 is 11.6 Å². The van der Waals surface area contributed by atoms with Gasteiger partial charge in [-0.2, -0.15) is 10.1 Å². The van der Waals surface area contributed by atoms with E-state index in [1.165, 1.54) is 5.56 Å². The Labute approximate surface area is 156 Å². The van der Waals surface area contributed by atoms with E-state index in [9.17, 15) is 0 Å². The number of hydrogen-bond donors (Lipinski definition) is 1. The molecular formula is C20H17ClN4O. The second-order valence-electron chi connectivity index (χ2n) is 6.37. The monoisotopic (exact) mass is 364 g/mol. The Morgan fingerprint density at radius 3 is 2.35 bits per heavy atom. The zero-order chi connectivity index (χ0) is 18.1. The molecule has 0 atom stereocenters. The first-order valence-electron chi connectivity index (χ1n) is 8.36. The fourth-order valence-electron chi connectivity index (χ4n) is 2.67. The quantitative estimate of drug-likeness (QED) is 0.514. The van der Waals surface area contributed by atoms with E-state index < -0.39 is 0 Å². The molecule has 2 heterocycles. The number of hydrogen-bond acceptors (Lipinski definition) is 4. The van der Waals surface area contributed by atoms with E-state index in [2.05, 4.69) is 58.5 Å². The van der Waals surface area contributed by atoms with Crippen LogP contribution in [0.2, 0.25) is 5.02 Å². The summed E-state index contributed by atoms with van der Waals surface area (Å²) in [6.45, 7) is 4.35. The summed E-state index contributed by atoms with van der Waals surface area (Å²) in [5, 5.41) is 12.0. The average Bonchev–Trinajstić information content (AvgIpc) is 3.32. The molecule has 0 amide bonds. The van der Waals surface area contributed by atoms with Gasteiger partial charge in [-0.05, 0) is 41.8 Å². The lowest BCUT2D eigenvalue weighted by Gasteiger charge is -2.05. The third-order valence-electron chi connectivity index (χ3n) is 4.21. The largest absolute Gasteiger partial charge is 0.332 e. The number of nitrogens with zero attached hydrogens (tertiary/aromatic N) is 3. The van der Waals surface area contributed by atoms with Crippen LogP contribution in [0.3, 0.4) is 0 Å². The molecule has 130 valence electrons. The highest BCUT2D eigenvalue weighted by Gasteiger charge is 2.14. The Kier molecular flexibility index (Phi) is 4.31. The minimum absolute atomic E-state index is 0.396. The molecular weight excluding hydrogens is 348 g/mol. The van der Waals surface area contributed by atoms with Gasteiger partial charge in [0.05, 0.1) is 5.69 Å². The first-order chi connectivity index (χ1) is 12.6. The molecule has 1 N–H and O–H groups in total. The van der Waals surface area contributed by atoms with E-state index in [0.29, 0.717) is 28.3 Å². The number of H-pyrrole nitrogens is 1. The molecule has 0 fully saturated rings. The lowest BCUT2D eigenvalue weighted by Crippen LogP contribution is -1.86. The van der Waals surface area contributed by atoms with Crippen molar-refractivity contribution in [2.45, 2.75) is 19.8 Å². The molecule has 0 aliphatic rings. The SMILES string of the molecule is CC(C)c1ccc(-c2cc(-c3nc(-c4ccc(Cl)cc4)no3)[nH]n2)cc1. The summed E-state index contributed by atoms with van der Waals surface area (Å²) in [6.07, 6.45) is 0. The molecule has 6 heteroatoms. The second-order valence-corrected chi connectivity index (χ2v) is 6.81. The average molecular weight is 365 g/mol. The molecule has 0 spiro atoms. The molecule has 0 saturated carbocycles. The summed E-state index contributed by atoms with van der Waals surface area (Å²) in [4.78, 5) is 4.43. The van der Waals surface area contributed by atoms with Gasteiger partial charge in [0.15, 0.2) is 0 Å². The van der Waals surface area contributed by atoms with Crippen molar-refractivity contribution < 1.29 is 4.52 Å². The number of halogens is 1. The Hall–Kier alpha value is -2.92. The van der Waals surface area contributed by atoms with Crippen molar-refractivity contribution in [3.63, 3.8) is 0 Å². The van der Waals surface area contributed by atoms with Crippen LogP contribution in [0.15, 0.2) is 59.1 Å². The highest BCUT2D eigenvalue weighted by molar-refractivity contribution is 6.30. The Morgan fingerprint density at radius 1 is 0.962 bits per heavy atom. The highest BCUT2D eigenvalue weighted by Crippen LogP contribution is 2.26. The van der Waals surface area contributed by atoms with Crippen LogP contribution < -0.4 is 0 Å². The molecule has 0 saturated heterocycles. The van der Waals surface area contributed by atoms with Crippen LogP contribution in [0, 0.1) is 0 Å². The molecule has 4 aromatic rings. The number of rotatable bonds is 4. The van der Waals surface area contributed by atoms with E-state index in [1.54, 1.807) is 12.1 Å². The third kappa shape index (κ3) is 3.26. The van der Waals surface area contributed by atoms with Gasteiger partial charge in [0.1, 0.15) is 5.69 Å². The lowest BCUT2D eigenvalue weighted by molar-refractivity contribution is 0.431. The summed E-state index contributed by atoms with van der Waals surface area (Å²) in [7, 11) is 0. The maximum Gasteiger partial charge on any atom is 0.276 e. The van der Waals surface area contributed by atoms with E-state index in [-0.39, 0.29) is 0 Å². The van der Waals surface area contributed by atoms with Crippen LogP contribution in [0.5, 0.6) is 0 Å². The van der Waals surface area contributed by atoms with Crippen molar-refractivity contribution in [2.24, 2.45) is 0 Å². The zero-order valence-electron chi connectivity index (χ0n) is 14.4. The van der Waals surface area contributed by atoms with Crippen molar-refractivity contribution in [3.05, 3.63) is 65.2 Å². The summed E-state index contributed by atoms with van der Waals surface area (Å²) < 4.78 is 5.37. The van der Waals surface area contributed by atoms with E-state index in [4.69, 9.17) is 16.1 Å². The smallest absolute Gasteiger partial charge is 0.276 e. The first kappa shape index (κ1) is 16.5. The molecule has 0 unspecified atom stereocenters. The molecule has 0 aliphatic carbocycles. The Morgan fingerprint density at radius 2 is 1.65 bits per heavy atom. The van der Waals surface area contributed by atoms with Crippen molar-refractivity contribution in [2.75, 3.05) is 0 Å². The minimum Gasteiger partial charge on any atom is -0.332 e. The number of aromatic amines is 1. The molecule has 0 bridgehead atoms. The predicted octanol–water partition coefficient (Wildman–Crippen LogP) is 5.57. The summed E-state index contributed by atoms with van der Waals surface area (Å²) >= 11 is 5.91. The fraction of sp³-hybridized carbons (Fsp3) is 0.150. The van der Waals surface area contributed by atoms with Crippen LogP contribution in [-0.2, 0) is 0 Å². The molecule has 2 aromatic carbocycles. The van der Waals surface area contributed by atoms with Gasteiger partial charge >= 0.3 is 0 Å². The fourth-order valence-corrected chi connectivity index (χ4v) is 2.79. The highest BCUT2D eigenvalue weighted by atomic mass is 35.5. The number of aromatic nitrogens is 4. The van der Waals surface area contributed by atoms with Gasteiger partial charge in [-0.3, -0.25) is 5.10 Å². The second kappa shape index (κ2) is 6.77. The molecule has 5 nitrogen and oxygen atoms in total. The van der Waals surface area contributed by atoms with Gasteiger partial charge in [-0.25, -0.2) is 0 Å². The normalized spacial score (nSPS) is 11.2. The lowest BCUT2D eigenvalue weighted by atomic mass is 10.0. The first-order valence-corrected chi connectivity index (χ1v) is 8.74. The van der Waals surface area contributed by atoms with Crippen LogP contribution in [-0.4, -0.2) is 20.3 Å². The van der Waals surface area contributed by atoms with Gasteiger partial charge in [-0.15, -0.1) is 0 Å². The van der Waals surface area contributed by atoms with Gasteiger partial charge in [0.2, 0.25) is 5.82 Å². The molecule has 26 heavy (non-hydrogen) atoms. The van der Waals surface area contributed by atoms with Gasteiger partial charge in [0.25, 0.3) is 5.89 Å². The topological polar surface area (TPSA) is 67.6 Å². The zero-order valence-corrected chi connectivity index (χ0v) is 15.2. The minimum atomic E-state index is 0.396. The van der Waals surface area contributed by atoms with Crippen molar-refractivity contribution in [3.8, 4) is 34.2 Å². The van der Waals surface area contributed by atoms with E-state index in [0.717, 1.165) is 16.8 Å². The van der Waals surface area contributed by atoms with Crippen molar-refractivity contribution in [1.29, 1.82) is 0 Å². The maximum absolute atomic E-state index is 5.91. The van der Waals surface area contributed by atoms with Crippen LogP contribution in [0.1, 0.15) is 25.3 Å². The van der Waals surface area contributed by atoms with E-state index in [1.807, 2.05) is 18.2 Å².